The zero-order valence-electron chi connectivity index (χ0n) is 18.8. The minimum Gasteiger partial charge on any atom is -0.372 e. The van der Waals surface area contributed by atoms with Crippen LogP contribution in [-0.4, -0.2) is 68.0 Å². The Labute approximate surface area is 191 Å². The molecule has 10 heteroatoms. The number of nitro groups is 1. The van der Waals surface area contributed by atoms with Gasteiger partial charge in [-0.15, -0.1) is 0 Å². The summed E-state index contributed by atoms with van der Waals surface area (Å²) in [6.07, 6.45) is 0.581. The Kier molecular flexibility index (Phi) is 7.81. The lowest BCUT2D eigenvalue weighted by Gasteiger charge is -2.35. The number of nitrogens with one attached hydrogen (secondary N) is 1. The van der Waals surface area contributed by atoms with Gasteiger partial charge in [0.2, 0.25) is 5.91 Å². The van der Waals surface area contributed by atoms with Crippen LogP contribution >= 0.6 is 0 Å². The van der Waals surface area contributed by atoms with Gasteiger partial charge in [0.1, 0.15) is 11.5 Å². The summed E-state index contributed by atoms with van der Waals surface area (Å²) in [6.45, 7) is 4.35. The number of piperazine rings is 1. The molecular formula is C23H28FN5O4. The van der Waals surface area contributed by atoms with Crippen molar-refractivity contribution in [1.29, 1.82) is 0 Å². The van der Waals surface area contributed by atoms with Crippen LogP contribution in [0.1, 0.15) is 23.7 Å². The fourth-order valence-corrected chi connectivity index (χ4v) is 3.84. The highest BCUT2D eigenvalue weighted by molar-refractivity contribution is 5.95. The molecule has 1 saturated heterocycles. The normalized spacial score (nSPS) is 13.5. The summed E-state index contributed by atoms with van der Waals surface area (Å²) in [5, 5.41) is 14.4. The third-order valence-electron chi connectivity index (χ3n) is 5.72. The van der Waals surface area contributed by atoms with Crippen LogP contribution in [0, 0.1) is 15.9 Å². The van der Waals surface area contributed by atoms with Crippen LogP contribution < -0.4 is 15.1 Å². The molecule has 0 atom stereocenters. The van der Waals surface area contributed by atoms with E-state index < -0.39 is 10.8 Å². The van der Waals surface area contributed by atoms with Gasteiger partial charge in [-0.25, -0.2) is 4.39 Å². The molecule has 1 heterocycles. The lowest BCUT2D eigenvalue weighted by Crippen LogP contribution is -2.48. The molecule has 0 spiro atoms. The summed E-state index contributed by atoms with van der Waals surface area (Å²) in [6, 6.07) is 10.9. The molecule has 0 radical (unpaired) electrons. The highest BCUT2D eigenvalue weighted by Gasteiger charge is 2.25. The first kappa shape index (κ1) is 24.0. The number of rotatable bonds is 8. The Morgan fingerprint density at radius 2 is 1.85 bits per heavy atom. The molecule has 0 unspecified atom stereocenters. The van der Waals surface area contributed by atoms with Crippen LogP contribution in [0.4, 0.5) is 21.5 Å². The van der Waals surface area contributed by atoms with Crippen molar-refractivity contribution in [3.05, 3.63) is 64.0 Å². The molecule has 33 heavy (non-hydrogen) atoms. The quantitative estimate of drug-likeness (QED) is 0.372. The van der Waals surface area contributed by atoms with Gasteiger partial charge in [-0.3, -0.25) is 19.7 Å². The van der Waals surface area contributed by atoms with E-state index in [4.69, 9.17) is 0 Å². The Morgan fingerprint density at radius 3 is 2.48 bits per heavy atom. The van der Waals surface area contributed by atoms with Gasteiger partial charge in [0.05, 0.1) is 10.6 Å². The number of nitro benzene ring substituents is 1. The van der Waals surface area contributed by atoms with Crippen molar-refractivity contribution in [3.8, 4) is 0 Å². The minimum atomic E-state index is -0.493. The van der Waals surface area contributed by atoms with Crippen LogP contribution in [-0.2, 0) is 4.79 Å². The van der Waals surface area contributed by atoms with E-state index in [1.807, 2.05) is 4.90 Å². The number of para-hydroxylation sites is 1. The van der Waals surface area contributed by atoms with Crippen molar-refractivity contribution in [2.24, 2.45) is 0 Å². The summed E-state index contributed by atoms with van der Waals surface area (Å²) in [4.78, 5) is 40.5. The number of anilines is 2. The molecule has 1 aliphatic heterocycles. The zero-order chi connectivity index (χ0) is 24.0. The summed E-state index contributed by atoms with van der Waals surface area (Å²) >= 11 is 0. The van der Waals surface area contributed by atoms with Crippen LogP contribution in [0.25, 0.3) is 0 Å². The molecule has 176 valence electrons. The summed E-state index contributed by atoms with van der Waals surface area (Å²) < 4.78 is 13.8. The molecule has 2 amide bonds. The van der Waals surface area contributed by atoms with E-state index in [1.54, 1.807) is 47.2 Å². The average molecular weight is 458 g/mol. The van der Waals surface area contributed by atoms with Crippen molar-refractivity contribution in [1.82, 2.24) is 10.2 Å². The maximum absolute atomic E-state index is 13.8. The van der Waals surface area contributed by atoms with E-state index in [1.165, 1.54) is 19.1 Å². The third-order valence-corrected chi connectivity index (χ3v) is 5.72. The Morgan fingerprint density at radius 1 is 1.15 bits per heavy atom. The van der Waals surface area contributed by atoms with Gasteiger partial charge in [0.25, 0.3) is 11.6 Å². The lowest BCUT2D eigenvalue weighted by molar-refractivity contribution is -0.384. The molecule has 3 rings (SSSR count). The second kappa shape index (κ2) is 10.8. The monoisotopic (exact) mass is 457 g/mol. The number of carbonyl (C=O) groups excluding carboxylic acids is 2. The minimum absolute atomic E-state index is 0.0173. The van der Waals surface area contributed by atoms with Gasteiger partial charge in [0.15, 0.2) is 0 Å². The molecule has 1 aliphatic rings. The molecule has 9 nitrogen and oxygen atoms in total. The van der Waals surface area contributed by atoms with Gasteiger partial charge in [-0.05, 0) is 30.7 Å². The van der Waals surface area contributed by atoms with Crippen molar-refractivity contribution in [2.75, 3.05) is 56.1 Å². The number of nitrogens with zero attached hydrogens (tertiary/aromatic N) is 4. The van der Waals surface area contributed by atoms with Crippen LogP contribution in [0.3, 0.4) is 0 Å². The first-order chi connectivity index (χ1) is 15.8. The van der Waals surface area contributed by atoms with E-state index >= 15 is 0 Å². The van der Waals surface area contributed by atoms with Crippen LogP contribution in [0.2, 0.25) is 0 Å². The highest BCUT2D eigenvalue weighted by Crippen LogP contribution is 2.30. The van der Waals surface area contributed by atoms with Crippen LogP contribution in [0.15, 0.2) is 42.5 Å². The van der Waals surface area contributed by atoms with Crippen LogP contribution in [0.5, 0.6) is 0 Å². The Hall–Kier alpha value is -3.69. The Bertz CT molecular complexity index is 1020. The van der Waals surface area contributed by atoms with E-state index in [0.717, 1.165) is 0 Å². The summed E-state index contributed by atoms with van der Waals surface area (Å²) in [7, 11) is 1.78. The average Bonchev–Trinajstić information content (AvgIpc) is 2.81. The number of halogens is 1. The summed E-state index contributed by atoms with van der Waals surface area (Å²) in [5.74, 6) is -0.727. The number of amides is 2. The molecule has 2 aromatic rings. The topological polar surface area (TPSA) is 99.0 Å². The fraction of sp³-hybridized carbons (Fsp3) is 0.391. The predicted molar refractivity (Wildman–Crippen MR) is 124 cm³/mol. The largest absolute Gasteiger partial charge is 0.372 e. The SMILES string of the molecule is CC(=O)N1CCN(c2ccc(C(=O)NCCCN(C)c3ccccc3F)cc2[N+](=O)[O-])CC1. The molecule has 1 fully saturated rings. The second-order valence-corrected chi connectivity index (χ2v) is 7.94. The molecule has 0 aromatic heterocycles. The molecular weight excluding hydrogens is 429 g/mol. The molecule has 0 saturated carbocycles. The van der Waals surface area contributed by atoms with Gasteiger partial charge in [-0.1, -0.05) is 12.1 Å². The smallest absolute Gasteiger partial charge is 0.293 e. The second-order valence-electron chi connectivity index (χ2n) is 7.94. The Balaban J connectivity index is 1.57. The van der Waals surface area contributed by atoms with Crippen molar-refractivity contribution < 1.29 is 18.9 Å². The first-order valence-corrected chi connectivity index (χ1v) is 10.8. The standard InChI is InChI=1S/C23H28FN5O4/c1-17(30)27-12-14-28(15-13-27)21-9-8-18(16-22(21)29(32)33)23(31)25-10-5-11-26(2)20-7-4-3-6-19(20)24/h3-4,6-9,16H,5,10-15H2,1-2H3,(H,25,31). The van der Waals surface area contributed by atoms with Gasteiger partial charge >= 0.3 is 0 Å². The van der Waals surface area contributed by atoms with Crippen molar-refractivity contribution in [2.45, 2.75) is 13.3 Å². The van der Waals surface area contributed by atoms with Gasteiger partial charge in [-0.2, -0.15) is 0 Å². The zero-order valence-corrected chi connectivity index (χ0v) is 18.8. The molecule has 0 aliphatic carbocycles. The maximum atomic E-state index is 13.8. The summed E-state index contributed by atoms with van der Waals surface area (Å²) in [5.41, 5.74) is 0.985. The number of carbonyl (C=O) groups is 2. The first-order valence-electron chi connectivity index (χ1n) is 10.8. The van der Waals surface area contributed by atoms with Crippen molar-refractivity contribution >= 4 is 28.9 Å². The third kappa shape index (κ3) is 5.97. The molecule has 1 N–H and O–H groups in total. The van der Waals surface area contributed by atoms with Gasteiger partial charge < -0.3 is 20.0 Å². The number of benzene rings is 2. The lowest BCUT2D eigenvalue weighted by atomic mass is 10.1. The molecule has 0 bridgehead atoms. The van der Waals surface area contributed by atoms with E-state index in [0.29, 0.717) is 57.1 Å². The van der Waals surface area contributed by atoms with Crippen molar-refractivity contribution in [3.63, 3.8) is 0 Å². The van der Waals surface area contributed by atoms with E-state index in [9.17, 15) is 24.1 Å². The predicted octanol–water partition coefficient (Wildman–Crippen LogP) is 2.66. The molecule has 2 aromatic carbocycles. The van der Waals surface area contributed by atoms with E-state index in [2.05, 4.69) is 5.32 Å². The highest BCUT2D eigenvalue weighted by atomic mass is 19.1. The number of hydrogen-bond acceptors (Lipinski definition) is 6. The maximum Gasteiger partial charge on any atom is 0.293 e. The van der Waals surface area contributed by atoms with Gasteiger partial charge in [0, 0.05) is 64.9 Å². The fourth-order valence-electron chi connectivity index (χ4n) is 3.84. The van der Waals surface area contributed by atoms with E-state index in [-0.39, 0.29) is 23.0 Å². The number of hydrogen-bond donors (Lipinski definition) is 1.